The average Bonchev–Trinajstić information content (AvgIpc) is 2.95. The van der Waals surface area contributed by atoms with E-state index in [9.17, 15) is 0 Å². The van der Waals surface area contributed by atoms with Gasteiger partial charge in [0.15, 0.2) is 0 Å². The lowest BCUT2D eigenvalue weighted by Crippen LogP contribution is -2.23. The first-order valence-electron chi connectivity index (χ1n) is 7.22. The van der Waals surface area contributed by atoms with Crippen LogP contribution in [-0.4, -0.2) is 6.54 Å². The summed E-state index contributed by atoms with van der Waals surface area (Å²) in [5.74, 6) is 0. The maximum absolute atomic E-state index is 3.70. The van der Waals surface area contributed by atoms with Crippen LogP contribution in [0.2, 0.25) is 0 Å². The van der Waals surface area contributed by atoms with Crippen LogP contribution < -0.4 is 5.32 Å². The van der Waals surface area contributed by atoms with Crippen LogP contribution in [0.25, 0.3) is 0 Å². The van der Waals surface area contributed by atoms with E-state index >= 15 is 0 Å². The van der Waals surface area contributed by atoms with Crippen molar-refractivity contribution < 1.29 is 0 Å². The Hall–Kier alpha value is -0.640. The van der Waals surface area contributed by atoms with Crippen molar-refractivity contribution in [2.24, 2.45) is 0 Å². The highest BCUT2D eigenvalue weighted by Crippen LogP contribution is 2.26. The minimum Gasteiger partial charge on any atom is -0.310 e. The summed E-state index contributed by atoms with van der Waals surface area (Å²) in [6.07, 6.45) is 3.46. The van der Waals surface area contributed by atoms with Crippen LogP contribution in [0.4, 0.5) is 0 Å². The van der Waals surface area contributed by atoms with E-state index in [0.717, 1.165) is 23.9 Å². The molecule has 3 heteroatoms. The Kier molecular flexibility index (Phi) is 6.27. The van der Waals surface area contributed by atoms with E-state index in [-0.39, 0.29) is 0 Å². The maximum Gasteiger partial charge on any atom is 0.0326 e. The van der Waals surface area contributed by atoms with Crippen molar-refractivity contribution in [1.82, 2.24) is 5.32 Å². The largest absolute Gasteiger partial charge is 0.310 e. The predicted octanol–water partition coefficient (Wildman–Crippen LogP) is 5.49. The third-order valence-electron chi connectivity index (χ3n) is 3.52. The molecular weight excluding hydrogens is 330 g/mol. The number of nitrogens with one attached hydrogen (secondary N) is 1. The molecule has 0 fully saturated rings. The van der Waals surface area contributed by atoms with Crippen LogP contribution in [0, 0.1) is 6.92 Å². The van der Waals surface area contributed by atoms with Crippen LogP contribution in [0.5, 0.6) is 0 Å². The third kappa shape index (κ3) is 4.44. The van der Waals surface area contributed by atoms with Gasteiger partial charge >= 0.3 is 0 Å². The number of benzene rings is 1. The molecule has 0 aliphatic carbocycles. The van der Waals surface area contributed by atoms with Gasteiger partial charge in [-0.3, -0.25) is 0 Å². The number of aryl methyl sites for hydroxylation is 2. The molecule has 2 aromatic rings. The first kappa shape index (κ1) is 15.7. The zero-order valence-electron chi connectivity index (χ0n) is 12.2. The third-order valence-corrected chi connectivity index (χ3v) is 4.95. The van der Waals surface area contributed by atoms with Crippen molar-refractivity contribution in [1.29, 1.82) is 0 Å². The lowest BCUT2D eigenvalue weighted by Gasteiger charge is -2.21. The first-order chi connectivity index (χ1) is 9.70. The van der Waals surface area contributed by atoms with Gasteiger partial charge in [0.25, 0.3) is 0 Å². The molecule has 0 spiro atoms. The Balaban J connectivity index is 2.11. The molecular formula is C17H22BrNS. The molecule has 0 bridgehead atoms. The Morgan fingerprint density at radius 3 is 2.85 bits per heavy atom. The highest BCUT2D eigenvalue weighted by molar-refractivity contribution is 9.10. The molecule has 0 saturated carbocycles. The molecule has 1 heterocycles. The van der Waals surface area contributed by atoms with Gasteiger partial charge in [-0.2, -0.15) is 0 Å². The van der Waals surface area contributed by atoms with Gasteiger partial charge in [0, 0.05) is 15.4 Å². The maximum atomic E-state index is 3.70. The molecule has 0 radical (unpaired) electrons. The molecule has 1 aromatic carbocycles. The Morgan fingerprint density at radius 1 is 1.30 bits per heavy atom. The van der Waals surface area contributed by atoms with E-state index < -0.39 is 0 Å². The standard InChI is InChI=1S/C17H22BrNS/c1-3-10-19-17(9-8-15-5-4-11-20-15)16-12-14(18)7-6-13(16)2/h4-7,11-12,17,19H,3,8-10H2,1-2H3. The zero-order chi connectivity index (χ0) is 14.4. The molecule has 0 aliphatic heterocycles. The van der Waals surface area contributed by atoms with Gasteiger partial charge in [0.2, 0.25) is 0 Å². The van der Waals surface area contributed by atoms with Gasteiger partial charge in [-0.25, -0.2) is 0 Å². The van der Waals surface area contributed by atoms with Gasteiger partial charge in [0.1, 0.15) is 0 Å². The normalized spacial score (nSPS) is 12.6. The van der Waals surface area contributed by atoms with Gasteiger partial charge in [-0.1, -0.05) is 35.0 Å². The molecule has 0 saturated heterocycles. The van der Waals surface area contributed by atoms with Crippen molar-refractivity contribution in [2.45, 2.75) is 39.2 Å². The highest BCUT2D eigenvalue weighted by Gasteiger charge is 2.14. The average molecular weight is 352 g/mol. The molecule has 1 nitrogen and oxygen atoms in total. The Morgan fingerprint density at radius 2 is 2.15 bits per heavy atom. The monoisotopic (exact) mass is 351 g/mol. The van der Waals surface area contributed by atoms with Crippen LogP contribution in [0.1, 0.15) is 41.8 Å². The second-order valence-electron chi connectivity index (χ2n) is 5.13. The SMILES string of the molecule is CCCNC(CCc1cccs1)c1cc(Br)ccc1C. The molecule has 1 unspecified atom stereocenters. The summed E-state index contributed by atoms with van der Waals surface area (Å²) in [5.41, 5.74) is 2.79. The molecule has 0 amide bonds. The quantitative estimate of drug-likeness (QED) is 0.694. The smallest absolute Gasteiger partial charge is 0.0326 e. The number of rotatable bonds is 7. The Bertz CT molecular complexity index is 522. The molecule has 1 atom stereocenters. The number of hydrogen-bond donors (Lipinski definition) is 1. The summed E-state index contributed by atoms with van der Waals surface area (Å²) in [4.78, 5) is 1.47. The predicted molar refractivity (Wildman–Crippen MR) is 92.6 cm³/mol. The van der Waals surface area contributed by atoms with Crippen molar-refractivity contribution in [3.05, 3.63) is 56.2 Å². The minimum absolute atomic E-state index is 0.439. The van der Waals surface area contributed by atoms with E-state index in [1.54, 1.807) is 0 Å². The second kappa shape index (κ2) is 7.96. The van der Waals surface area contributed by atoms with Crippen molar-refractivity contribution >= 4 is 27.3 Å². The van der Waals surface area contributed by atoms with Gasteiger partial charge in [-0.05, 0) is 67.4 Å². The summed E-state index contributed by atoms with van der Waals surface area (Å²) >= 11 is 5.45. The molecule has 20 heavy (non-hydrogen) atoms. The number of hydrogen-bond acceptors (Lipinski definition) is 2. The Labute approximate surface area is 134 Å². The first-order valence-corrected chi connectivity index (χ1v) is 8.89. The minimum atomic E-state index is 0.439. The van der Waals surface area contributed by atoms with Crippen molar-refractivity contribution in [2.75, 3.05) is 6.54 Å². The summed E-state index contributed by atoms with van der Waals surface area (Å²) in [5, 5.41) is 5.86. The van der Waals surface area contributed by atoms with Gasteiger partial charge < -0.3 is 5.32 Å². The fourth-order valence-corrected chi connectivity index (χ4v) is 3.52. The fourth-order valence-electron chi connectivity index (χ4n) is 2.41. The van der Waals surface area contributed by atoms with Crippen molar-refractivity contribution in [3.8, 4) is 0 Å². The van der Waals surface area contributed by atoms with Crippen molar-refractivity contribution in [3.63, 3.8) is 0 Å². The summed E-state index contributed by atoms with van der Waals surface area (Å²) < 4.78 is 1.16. The van der Waals surface area contributed by atoms with E-state index in [2.05, 4.69) is 70.8 Å². The van der Waals surface area contributed by atoms with Crippen LogP contribution >= 0.6 is 27.3 Å². The molecule has 1 aromatic heterocycles. The van der Waals surface area contributed by atoms with E-state index in [0.29, 0.717) is 6.04 Å². The second-order valence-corrected chi connectivity index (χ2v) is 7.07. The van der Waals surface area contributed by atoms with Gasteiger partial charge in [0.05, 0.1) is 0 Å². The summed E-state index contributed by atoms with van der Waals surface area (Å²) in [7, 11) is 0. The van der Waals surface area contributed by atoms with E-state index in [1.807, 2.05) is 11.3 Å². The van der Waals surface area contributed by atoms with E-state index in [1.165, 1.54) is 22.4 Å². The summed E-state index contributed by atoms with van der Waals surface area (Å²) in [6, 6.07) is 11.4. The molecule has 0 aliphatic rings. The number of halogens is 1. The molecule has 2 rings (SSSR count). The van der Waals surface area contributed by atoms with Crippen LogP contribution in [-0.2, 0) is 6.42 Å². The number of thiophene rings is 1. The fraction of sp³-hybridized carbons (Fsp3) is 0.412. The van der Waals surface area contributed by atoms with E-state index in [4.69, 9.17) is 0 Å². The highest BCUT2D eigenvalue weighted by atomic mass is 79.9. The molecule has 1 N–H and O–H groups in total. The lowest BCUT2D eigenvalue weighted by molar-refractivity contribution is 0.498. The topological polar surface area (TPSA) is 12.0 Å². The van der Waals surface area contributed by atoms with Crippen LogP contribution in [0.15, 0.2) is 40.2 Å². The zero-order valence-corrected chi connectivity index (χ0v) is 14.6. The van der Waals surface area contributed by atoms with Gasteiger partial charge in [-0.15, -0.1) is 11.3 Å². The summed E-state index contributed by atoms with van der Waals surface area (Å²) in [6.45, 7) is 5.49. The van der Waals surface area contributed by atoms with Crippen LogP contribution in [0.3, 0.4) is 0 Å². The molecule has 108 valence electrons. The lowest BCUT2D eigenvalue weighted by atomic mass is 9.97.